The molecule has 0 radical (unpaired) electrons. The van der Waals surface area contributed by atoms with E-state index in [-0.39, 0.29) is 0 Å². The van der Waals surface area contributed by atoms with Gasteiger partial charge in [-0.05, 0) is 18.6 Å². The lowest BCUT2D eigenvalue weighted by Gasteiger charge is -2.08. The molecule has 0 fully saturated rings. The maximum atomic E-state index is 5.78. The molecule has 0 aliphatic carbocycles. The molecule has 0 amide bonds. The zero-order chi connectivity index (χ0) is 11.5. The van der Waals surface area contributed by atoms with Gasteiger partial charge in [-0.1, -0.05) is 41.4 Å². The van der Waals surface area contributed by atoms with Crippen molar-refractivity contribution < 1.29 is 4.74 Å². The molecule has 16 heavy (non-hydrogen) atoms. The van der Waals surface area contributed by atoms with Crippen LogP contribution in [0.4, 0.5) is 0 Å². The van der Waals surface area contributed by atoms with Gasteiger partial charge in [0.25, 0.3) is 0 Å². The number of hydrogen-bond donors (Lipinski definition) is 0. The minimum absolute atomic E-state index is 0.316. The van der Waals surface area contributed by atoms with Crippen LogP contribution in [0.5, 0.6) is 11.5 Å². The third kappa shape index (κ3) is 2.65. The van der Waals surface area contributed by atoms with E-state index >= 15 is 0 Å². The summed E-state index contributed by atoms with van der Waals surface area (Å²) in [6.45, 7) is 1.97. The summed E-state index contributed by atoms with van der Waals surface area (Å²) in [5, 5.41) is 0.632. The van der Waals surface area contributed by atoms with Crippen molar-refractivity contribution in [1.82, 2.24) is 4.98 Å². The number of rotatable bonds is 2. The lowest BCUT2D eigenvalue weighted by molar-refractivity contribution is 0.478. The smallest absolute Gasteiger partial charge is 0.134 e. The highest BCUT2D eigenvalue weighted by atomic mass is 35.5. The van der Waals surface area contributed by atoms with E-state index in [1.807, 2.05) is 31.2 Å². The number of pyridine rings is 1. The van der Waals surface area contributed by atoms with Crippen LogP contribution in [0.1, 0.15) is 5.56 Å². The molecule has 0 unspecified atom stereocenters. The van der Waals surface area contributed by atoms with Crippen LogP contribution < -0.4 is 4.74 Å². The molecular weight excluding hydrogens is 245 g/mol. The molecule has 0 saturated heterocycles. The van der Waals surface area contributed by atoms with Crippen LogP contribution in [0.2, 0.25) is 10.3 Å². The standard InChI is InChI=1S/C12H9Cl2NO/c1-8-4-2-3-5-10(8)16-9-6-11(13)15-12(14)7-9/h2-7H,1H3. The highest BCUT2D eigenvalue weighted by Crippen LogP contribution is 2.27. The zero-order valence-corrected chi connectivity index (χ0v) is 10.1. The van der Waals surface area contributed by atoms with Gasteiger partial charge in [-0.3, -0.25) is 0 Å². The Labute approximate surface area is 104 Å². The van der Waals surface area contributed by atoms with E-state index in [1.165, 1.54) is 0 Å². The van der Waals surface area contributed by atoms with E-state index in [1.54, 1.807) is 12.1 Å². The first-order chi connectivity index (χ1) is 7.65. The number of aromatic nitrogens is 1. The SMILES string of the molecule is Cc1ccccc1Oc1cc(Cl)nc(Cl)c1. The van der Waals surface area contributed by atoms with E-state index in [0.29, 0.717) is 16.1 Å². The van der Waals surface area contributed by atoms with Gasteiger partial charge in [0.1, 0.15) is 21.8 Å². The van der Waals surface area contributed by atoms with Crippen LogP contribution in [0, 0.1) is 6.92 Å². The second kappa shape index (κ2) is 4.73. The minimum atomic E-state index is 0.316. The van der Waals surface area contributed by atoms with Crippen LogP contribution in [-0.2, 0) is 0 Å². The Balaban J connectivity index is 2.30. The van der Waals surface area contributed by atoms with E-state index in [4.69, 9.17) is 27.9 Å². The Morgan fingerprint density at radius 3 is 2.31 bits per heavy atom. The molecule has 2 aromatic rings. The van der Waals surface area contributed by atoms with Crippen molar-refractivity contribution in [3.8, 4) is 11.5 Å². The summed E-state index contributed by atoms with van der Waals surface area (Å²) >= 11 is 11.6. The van der Waals surface area contributed by atoms with Crippen molar-refractivity contribution in [2.45, 2.75) is 6.92 Å². The Hall–Kier alpha value is -1.25. The molecule has 1 aromatic heterocycles. The maximum absolute atomic E-state index is 5.78. The number of halogens is 2. The summed E-state index contributed by atoms with van der Waals surface area (Å²) in [6.07, 6.45) is 0. The first-order valence-electron chi connectivity index (χ1n) is 4.72. The Bertz CT molecular complexity index is 494. The summed E-state index contributed by atoms with van der Waals surface area (Å²) in [5.41, 5.74) is 1.05. The fourth-order valence-corrected chi connectivity index (χ4v) is 1.74. The van der Waals surface area contributed by atoms with Gasteiger partial charge < -0.3 is 4.74 Å². The van der Waals surface area contributed by atoms with Gasteiger partial charge in [0.05, 0.1) is 0 Å². The van der Waals surface area contributed by atoms with Crippen LogP contribution in [0.3, 0.4) is 0 Å². The number of ether oxygens (including phenoxy) is 1. The number of aryl methyl sites for hydroxylation is 1. The lowest BCUT2D eigenvalue weighted by atomic mass is 10.2. The molecule has 1 heterocycles. The second-order valence-electron chi connectivity index (χ2n) is 3.32. The molecule has 82 valence electrons. The third-order valence-corrected chi connectivity index (χ3v) is 2.44. The highest BCUT2D eigenvalue weighted by Gasteiger charge is 2.03. The molecule has 0 aliphatic rings. The lowest BCUT2D eigenvalue weighted by Crippen LogP contribution is -1.88. The summed E-state index contributed by atoms with van der Waals surface area (Å²) in [6, 6.07) is 11.0. The predicted octanol–water partition coefficient (Wildman–Crippen LogP) is 4.49. The van der Waals surface area contributed by atoms with Gasteiger partial charge in [-0.15, -0.1) is 0 Å². The molecule has 0 aliphatic heterocycles. The molecule has 0 spiro atoms. The molecule has 2 nitrogen and oxygen atoms in total. The van der Waals surface area contributed by atoms with Crippen molar-refractivity contribution in [3.05, 3.63) is 52.3 Å². The second-order valence-corrected chi connectivity index (χ2v) is 4.09. The molecule has 0 bridgehead atoms. The first kappa shape index (κ1) is 11.2. The fourth-order valence-electron chi connectivity index (χ4n) is 1.30. The molecule has 1 aromatic carbocycles. The summed E-state index contributed by atoms with van der Waals surface area (Å²) in [4.78, 5) is 3.85. The molecule has 4 heteroatoms. The number of para-hydroxylation sites is 1. The largest absolute Gasteiger partial charge is 0.457 e. The van der Waals surface area contributed by atoms with E-state index in [0.717, 1.165) is 11.3 Å². The normalized spacial score (nSPS) is 10.2. The van der Waals surface area contributed by atoms with Crippen molar-refractivity contribution >= 4 is 23.2 Å². The summed E-state index contributed by atoms with van der Waals surface area (Å²) in [5.74, 6) is 1.36. The van der Waals surface area contributed by atoms with Crippen LogP contribution in [0.15, 0.2) is 36.4 Å². The Morgan fingerprint density at radius 1 is 1.06 bits per heavy atom. The topological polar surface area (TPSA) is 22.1 Å². The van der Waals surface area contributed by atoms with Gasteiger partial charge in [-0.25, -0.2) is 4.98 Å². The van der Waals surface area contributed by atoms with Gasteiger partial charge in [0, 0.05) is 12.1 Å². The minimum Gasteiger partial charge on any atom is -0.457 e. The van der Waals surface area contributed by atoms with Crippen molar-refractivity contribution in [3.63, 3.8) is 0 Å². The Morgan fingerprint density at radius 2 is 1.69 bits per heavy atom. The number of nitrogens with zero attached hydrogens (tertiary/aromatic N) is 1. The average Bonchev–Trinajstić information content (AvgIpc) is 2.20. The number of benzene rings is 1. The van der Waals surface area contributed by atoms with Crippen molar-refractivity contribution in [2.75, 3.05) is 0 Å². The molecular formula is C12H9Cl2NO. The Kier molecular flexibility index (Phi) is 3.32. The van der Waals surface area contributed by atoms with Gasteiger partial charge >= 0.3 is 0 Å². The zero-order valence-electron chi connectivity index (χ0n) is 8.58. The predicted molar refractivity (Wildman–Crippen MR) is 65.5 cm³/mol. The van der Waals surface area contributed by atoms with Crippen LogP contribution in [-0.4, -0.2) is 4.98 Å². The first-order valence-corrected chi connectivity index (χ1v) is 5.47. The van der Waals surface area contributed by atoms with Crippen molar-refractivity contribution in [1.29, 1.82) is 0 Å². The van der Waals surface area contributed by atoms with Crippen LogP contribution >= 0.6 is 23.2 Å². The van der Waals surface area contributed by atoms with E-state index in [9.17, 15) is 0 Å². The van der Waals surface area contributed by atoms with Gasteiger partial charge in [0.15, 0.2) is 0 Å². The quantitative estimate of drug-likeness (QED) is 0.736. The monoisotopic (exact) mass is 253 g/mol. The molecule has 0 saturated carbocycles. The maximum Gasteiger partial charge on any atom is 0.134 e. The molecule has 0 N–H and O–H groups in total. The van der Waals surface area contributed by atoms with Crippen LogP contribution in [0.25, 0.3) is 0 Å². The molecule has 2 rings (SSSR count). The molecule has 0 atom stereocenters. The summed E-state index contributed by atoms with van der Waals surface area (Å²) < 4.78 is 5.66. The van der Waals surface area contributed by atoms with E-state index in [2.05, 4.69) is 4.98 Å². The average molecular weight is 254 g/mol. The van der Waals surface area contributed by atoms with Gasteiger partial charge in [0.2, 0.25) is 0 Å². The fraction of sp³-hybridized carbons (Fsp3) is 0.0833. The van der Waals surface area contributed by atoms with Crippen molar-refractivity contribution in [2.24, 2.45) is 0 Å². The summed E-state index contributed by atoms with van der Waals surface area (Å²) in [7, 11) is 0. The highest BCUT2D eigenvalue weighted by molar-refractivity contribution is 6.32. The van der Waals surface area contributed by atoms with E-state index < -0.39 is 0 Å². The number of hydrogen-bond acceptors (Lipinski definition) is 2. The third-order valence-electron chi connectivity index (χ3n) is 2.06. The van der Waals surface area contributed by atoms with Gasteiger partial charge in [-0.2, -0.15) is 0 Å².